The second kappa shape index (κ2) is 6.55. The molecule has 1 N–H and O–H groups in total. The summed E-state index contributed by atoms with van der Waals surface area (Å²) in [6.45, 7) is 8.23. The molecule has 0 aromatic heterocycles. The average Bonchev–Trinajstić information content (AvgIpc) is 2.45. The van der Waals surface area contributed by atoms with Crippen molar-refractivity contribution in [3.8, 4) is 6.07 Å². The number of benzene rings is 1. The Balaban J connectivity index is 2.14. The second-order valence-electron chi connectivity index (χ2n) is 5.10. The van der Waals surface area contributed by atoms with Crippen LogP contribution in [-0.4, -0.2) is 32.3 Å². The van der Waals surface area contributed by atoms with Crippen LogP contribution in [0.5, 0.6) is 0 Å². The summed E-state index contributed by atoms with van der Waals surface area (Å²) in [5, 5.41) is 12.7. The van der Waals surface area contributed by atoms with Gasteiger partial charge in [0, 0.05) is 25.7 Å². The number of ether oxygens (including phenoxy) is 1. The highest BCUT2D eigenvalue weighted by Crippen LogP contribution is 2.22. The first kappa shape index (κ1) is 13.9. The van der Waals surface area contributed by atoms with E-state index in [1.54, 1.807) is 0 Å². The van der Waals surface area contributed by atoms with Gasteiger partial charge in [0.25, 0.3) is 0 Å². The minimum Gasteiger partial charge on any atom is -0.378 e. The predicted molar refractivity (Wildman–Crippen MR) is 76.2 cm³/mol. The number of hydrogen-bond acceptors (Lipinski definition) is 4. The first-order chi connectivity index (χ1) is 9.20. The van der Waals surface area contributed by atoms with Gasteiger partial charge in [-0.1, -0.05) is 19.9 Å². The normalized spacial score (nSPS) is 15.6. The maximum atomic E-state index is 9.32. The van der Waals surface area contributed by atoms with Crippen LogP contribution in [0, 0.1) is 11.3 Å². The van der Waals surface area contributed by atoms with E-state index in [4.69, 9.17) is 4.74 Å². The van der Waals surface area contributed by atoms with Gasteiger partial charge in [-0.05, 0) is 17.7 Å². The fourth-order valence-corrected chi connectivity index (χ4v) is 2.18. The Labute approximate surface area is 115 Å². The Morgan fingerprint density at radius 3 is 2.74 bits per heavy atom. The van der Waals surface area contributed by atoms with Crippen LogP contribution >= 0.6 is 0 Å². The van der Waals surface area contributed by atoms with Crippen LogP contribution in [0.15, 0.2) is 18.2 Å². The summed E-state index contributed by atoms with van der Waals surface area (Å²) in [5.74, 6) is 0. The van der Waals surface area contributed by atoms with Crippen LogP contribution in [0.4, 0.5) is 5.69 Å². The maximum absolute atomic E-state index is 9.32. The summed E-state index contributed by atoms with van der Waals surface area (Å²) in [6.07, 6.45) is 0. The van der Waals surface area contributed by atoms with Crippen LogP contribution in [0.3, 0.4) is 0 Å². The maximum Gasteiger partial charge on any atom is 0.101 e. The van der Waals surface area contributed by atoms with Gasteiger partial charge in [0.15, 0.2) is 0 Å². The first-order valence-electron chi connectivity index (χ1n) is 6.80. The molecule has 0 spiro atoms. The third-order valence-electron chi connectivity index (χ3n) is 3.25. The van der Waals surface area contributed by atoms with Gasteiger partial charge >= 0.3 is 0 Å². The summed E-state index contributed by atoms with van der Waals surface area (Å²) in [5.41, 5.74) is 2.94. The molecule has 1 saturated heterocycles. The van der Waals surface area contributed by atoms with Gasteiger partial charge in [-0.2, -0.15) is 5.26 Å². The lowest BCUT2D eigenvalue weighted by atomic mass is 10.1. The Bertz CT molecular complexity index is 459. The van der Waals surface area contributed by atoms with Crippen molar-refractivity contribution in [2.24, 2.45) is 0 Å². The fourth-order valence-electron chi connectivity index (χ4n) is 2.18. The van der Waals surface area contributed by atoms with Crippen molar-refractivity contribution in [3.05, 3.63) is 29.3 Å². The number of hydrogen-bond donors (Lipinski definition) is 1. The third-order valence-corrected chi connectivity index (χ3v) is 3.25. The monoisotopic (exact) mass is 259 g/mol. The number of nitriles is 1. The predicted octanol–water partition coefficient (Wildman–Crippen LogP) is 1.89. The largest absolute Gasteiger partial charge is 0.378 e. The van der Waals surface area contributed by atoms with Crippen molar-refractivity contribution in [2.75, 3.05) is 31.2 Å². The Morgan fingerprint density at radius 2 is 2.11 bits per heavy atom. The quantitative estimate of drug-likeness (QED) is 0.897. The molecule has 1 fully saturated rings. The SMILES string of the molecule is CC(C)NCc1ccc(N2CCOCC2)c(C#N)c1. The minimum absolute atomic E-state index is 0.449. The fraction of sp³-hybridized carbons (Fsp3) is 0.533. The molecule has 1 heterocycles. The lowest BCUT2D eigenvalue weighted by Gasteiger charge is -2.29. The molecule has 0 aliphatic carbocycles. The molecule has 4 nitrogen and oxygen atoms in total. The van der Waals surface area contributed by atoms with Crippen LogP contribution < -0.4 is 10.2 Å². The number of morpholine rings is 1. The molecule has 1 aromatic carbocycles. The summed E-state index contributed by atoms with van der Waals surface area (Å²) < 4.78 is 5.35. The standard InChI is InChI=1S/C15H21N3O/c1-12(2)17-11-13-3-4-15(14(9-13)10-16)18-5-7-19-8-6-18/h3-4,9,12,17H,5-8,11H2,1-2H3. The van der Waals surface area contributed by atoms with Crippen molar-refractivity contribution in [3.63, 3.8) is 0 Å². The molecule has 4 heteroatoms. The van der Waals surface area contributed by atoms with Gasteiger partial charge < -0.3 is 15.0 Å². The summed E-state index contributed by atoms with van der Waals surface area (Å²) in [4.78, 5) is 2.22. The molecular weight excluding hydrogens is 238 g/mol. The zero-order chi connectivity index (χ0) is 13.7. The molecule has 1 aromatic rings. The molecule has 0 saturated carbocycles. The molecule has 0 amide bonds. The van der Waals surface area contributed by atoms with E-state index in [-0.39, 0.29) is 0 Å². The van der Waals surface area contributed by atoms with Crippen LogP contribution in [-0.2, 0) is 11.3 Å². The highest BCUT2D eigenvalue weighted by atomic mass is 16.5. The van der Waals surface area contributed by atoms with Crippen molar-refractivity contribution < 1.29 is 4.74 Å². The molecule has 2 rings (SSSR count). The zero-order valence-electron chi connectivity index (χ0n) is 11.6. The number of anilines is 1. The van der Waals surface area contributed by atoms with E-state index in [1.165, 1.54) is 0 Å². The Hall–Kier alpha value is -1.57. The van der Waals surface area contributed by atoms with Crippen molar-refractivity contribution in [2.45, 2.75) is 26.4 Å². The van der Waals surface area contributed by atoms with Crippen molar-refractivity contribution >= 4 is 5.69 Å². The van der Waals surface area contributed by atoms with Gasteiger partial charge in [0.2, 0.25) is 0 Å². The number of rotatable bonds is 4. The molecule has 0 radical (unpaired) electrons. The second-order valence-corrected chi connectivity index (χ2v) is 5.10. The highest BCUT2D eigenvalue weighted by molar-refractivity contribution is 5.60. The molecular formula is C15H21N3O. The van der Waals surface area contributed by atoms with Gasteiger partial charge in [0.05, 0.1) is 24.5 Å². The third kappa shape index (κ3) is 3.69. The molecule has 0 unspecified atom stereocenters. The summed E-state index contributed by atoms with van der Waals surface area (Å²) >= 11 is 0. The highest BCUT2D eigenvalue weighted by Gasteiger charge is 2.15. The van der Waals surface area contributed by atoms with Gasteiger partial charge in [0.1, 0.15) is 6.07 Å². The topological polar surface area (TPSA) is 48.3 Å². The van der Waals surface area contributed by atoms with E-state index in [2.05, 4.69) is 42.3 Å². The van der Waals surface area contributed by atoms with E-state index in [1.807, 2.05) is 6.07 Å². The smallest absolute Gasteiger partial charge is 0.101 e. The molecule has 1 aliphatic rings. The van der Waals surface area contributed by atoms with E-state index >= 15 is 0 Å². The molecule has 0 bridgehead atoms. The number of nitrogens with zero attached hydrogens (tertiary/aromatic N) is 2. The lowest BCUT2D eigenvalue weighted by molar-refractivity contribution is 0.122. The molecule has 1 aliphatic heterocycles. The zero-order valence-corrected chi connectivity index (χ0v) is 11.6. The van der Waals surface area contributed by atoms with E-state index < -0.39 is 0 Å². The van der Waals surface area contributed by atoms with E-state index in [0.29, 0.717) is 6.04 Å². The van der Waals surface area contributed by atoms with Crippen LogP contribution in [0.2, 0.25) is 0 Å². The van der Waals surface area contributed by atoms with Gasteiger partial charge in [-0.3, -0.25) is 0 Å². The van der Waals surface area contributed by atoms with Crippen molar-refractivity contribution in [1.82, 2.24) is 5.32 Å². The molecule has 19 heavy (non-hydrogen) atoms. The van der Waals surface area contributed by atoms with Crippen LogP contribution in [0.1, 0.15) is 25.0 Å². The number of nitrogens with one attached hydrogen (secondary N) is 1. The van der Waals surface area contributed by atoms with Crippen molar-refractivity contribution in [1.29, 1.82) is 5.26 Å². The van der Waals surface area contributed by atoms with Crippen LogP contribution in [0.25, 0.3) is 0 Å². The average molecular weight is 259 g/mol. The molecule has 0 atom stereocenters. The minimum atomic E-state index is 0.449. The lowest BCUT2D eigenvalue weighted by Crippen LogP contribution is -2.36. The van der Waals surface area contributed by atoms with Gasteiger partial charge in [-0.25, -0.2) is 0 Å². The first-order valence-corrected chi connectivity index (χ1v) is 6.80. The van der Waals surface area contributed by atoms with E-state index in [9.17, 15) is 5.26 Å². The van der Waals surface area contributed by atoms with Gasteiger partial charge in [-0.15, -0.1) is 0 Å². The summed E-state index contributed by atoms with van der Waals surface area (Å²) in [6, 6.07) is 8.90. The van der Waals surface area contributed by atoms with E-state index in [0.717, 1.165) is 49.7 Å². The molecule has 102 valence electrons. The summed E-state index contributed by atoms with van der Waals surface area (Å²) in [7, 11) is 0. The Morgan fingerprint density at radius 1 is 1.37 bits per heavy atom. The Kier molecular flexibility index (Phi) is 4.78.